The second-order valence-corrected chi connectivity index (χ2v) is 5.48. The van der Waals surface area contributed by atoms with Crippen LogP contribution in [0.25, 0.3) is 17.1 Å². The van der Waals surface area contributed by atoms with Crippen LogP contribution in [0.2, 0.25) is 5.15 Å². The van der Waals surface area contributed by atoms with E-state index in [4.69, 9.17) is 16.0 Å². The molecule has 0 aliphatic rings. The molecule has 1 aromatic carbocycles. The molecule has 0 N–H and O–H groups in total. The summed E-state index contributed by atoms with van der Waals surface area (Å²) in [7, 11) is 0. The molecule has 7 heteroatoms. The number of aromatic nitrogens is 4. The van der Waals surface area contributed by atoms with E-state index in [0.717, 1.165) is 11.4 Å². The van der Waals surface area contributed by atoms with Gasteiger partial charge in [-0.05, 0) is 17.9 Å². The van der Waals surface area contributed by atoms with Crippen molar-refractivity contribution in [2.45, 2.75) is 12.1 Å². The van der Waals surface area contributed by atoms with Gasteiger partial charge in [-0.2, -0.15) is 5.10 Å². The van der Waals surface area contributed by atoms with Crippen LogP contribution in [0.15, 0.2) is 46.2 Å². The predicted molar refractivity (Wildman–Crippen MR) is 78.3 cm³/mol. The molecule has 0 saturated carbocycles. The van der Waals surface area contributed by atoms with E-state index in [0.29, 0.717) is 21.8 Å². The Balaban J connectivity index is 1.97. The summed E-state index contributed by atoms with van der Waals surface area (Å²) in [5.74, 6) is 1.26. The molecule has 0 saturated heterocycles. The van der Waals surface area contributed by atoms with Gasteiger partial charge in [-0.15, -0.1) is 10.2 Å². The number of thioether (sulfide) groups is 1. The smallest absolute Gasteiger partial charge is 0.276 e. The molecule has 102 valence electrons. The summed E-state index contributed by atoms with van der Waals surface area (Å²) < 4.78 is 7.18. The first-order valence-corrected chi connectivity index (χ1v) is 7.41. The van der Waals surface area contributed by atoms with Crippen LogP contribution in [0.3, 0.4) is 0 Å². The fourth-order valence-corrected chi connectivity index (χ4v) is 2.48. The van der Waals surface area contributed by atoms with Crippen molar-refractivity contribution in [3.8, 4) is 17.1 Å². The first kappa shape index (κ1) is 13.2. The second kappa shape index (κ2) is 5.68. The molecule has 0 bridgehead atoms. The van der Waals surface area contributed by atoms with E-state index in [9.17, 15) is 0 Å². The number of hydrogen-bond donors (Lipinski definition) is 0. The van der Waals surface area contributed by atoms with Crippen LogP contribution < -0.4 is 0 Å². The van der Waals surface area contributed by atoms with E-state index in [2.05, 4.69) is 15.3 Å². The Kier molecular flexibility index (Phi) is 3.75. The fourth-order valence-electron chi connectivity index (χ4n) is 1.73. The maximum absolute atomic E-state index is 6.35. The van der Waals surface area contributed by atoms with Crippen molar-refractivity contribution < 1.29 is 4.42 Å². The lowest BCUT2D eigenvalue weighted by atomic mass is 10.3. The van der Waals surface area contributed by atoms with Gasteiger partial charge in [-0.25, -0.2) is 4.68 Å². The quantitative estimate of drug-likeness (QED) is 0.688. The standard InChI is InChI=1S/C13H11ClN4OS/c1-2-20-13-17-16-12(19-13)10-8-15-18(11(10)14)9-6-4-3-5-7-9/h3-8H,2H2,1H3. The zero-order valence-corrected chi connectivity index (χ0v) is 12.2. The van der Waals surface area contributed by atoms with E-state index in [1.807, 2.05) is 37.3 Å². The average molecular weight is 307 g/mol. The van der Waals surface area contributed by atoms with Gasteiger partial charge < -0.3 is 4.42 Å². The number of para-hydroxylation sites is 1. The van der Waals surface area contributed by atoms with Crippen molar-refractivity contribution in [3.05, 3.63) is 41.7 Å². The molecule has 0 fully saturated rings. The van der Waals surface area contributed by atoms with Gasteiger partial charge >= 0.3 is 0 Å². The molecule has 0 spiro atoms. The van der Waals surface area contributed by atoms with Crippen LogP contribution in [0.4, 0.5) is 0 Å². The Morgan fingerprint density at radius 1 is 1.25 bits per heavy atom. The summed E-state index contributed by atoms with van der Waals surface area (Å²) in [5.41, 5.74) is 1.51. The zero-order chi connectivity index (χ0) is 13.9. The van der Waals surface area contributed by atoms with Crippen LogP contribution in [0.5, 0.6) is 0 Å². The first-order valence-electron chi connectivity index (χ1n) is 6.05. The minimum Gasteiger partial charge on any atom is -0.411 e. The molecule has 0 aliphatic heterocycles. The fraction of sp³-hybridized carbons (Fsp3) is 0.154. The molecule has 3 aromatic rings. The molecule has 0 amide bonds. The van der Waals surface area contributed by atoms with Gasteiger partial charge in [-0.3, -0.25) is 0 Å². The molecule has 0 radical (unpaired) electrons. The van der Waals surface area contributed by atoms with Gasteiger partial charge in [0.15, 0.2) is 0 Å². The Morgan fingerprint density at radius 2 is 2.05 bits per heavy atom. The molecule has 2 heterocycles. The molecular formula is C13H11ClN4OS. The highest BCUT2D eigenvalue weighted by atomic mass is 35.5. The summed E-state index contributed by atoms with van der Waals surface area (Å²) in [6.45, 7) is 2.02. The highest BCUT2D eigenvalue weighted by Crippen LogP contribution is 2.30. The lowest BCUT2D eigenvalue weighted by Gasteiger charge is -2.01. The van der Waals surface area contributed by atoms with E-state index in [1.165, 1.54) is 11.8 Å². The average Bonchev–Trinajstić information content (AvgIpc) is 3.07. The van der Waals surface area contributed by atoms with E-state index < -0.39 is 0 Å². The summed E-state index contributed by atoms with van der Waals surface area (Å²) in [4.78, 5) is 0. The number of hydrogen-bond acceptors (Lipinski definition) is 5. The maximum atomic E-state index is 6.35. The van der Waals surface area contributed by atoms with E-state index in [-0.39, 0.29) is 0 Å². The van der Waals surface area contributed by atoms with E-state index in [1.54, 1.807) is 10.9 Å². The van der Waals surface area contributed by atoms with Gasteiger partial charge in [0.25, 0.3) is 11.1 Å². The van der Waals surface area contributed by atoms with Crippen molar-refractivity contribution >= 4 is 23.4 Å². The highest BCUT2D eigenvalue weighted by molar-refractivity contribution is 7.99. The third kappa shape index (κ3) is 2.44. The van der Waals surface area contributed by atoms with Crippen molar-refractivity contribution in [1.29, 1.82) is 0 Å². The van der Waals surface area contributed by atoms with Gasteiger partial charge in [0.2, 0.25) is 0 Å². The Hall–Kier alpha value is -1.79. The Morgan fingerprint density at radius 3 is 2.80 bits per heavy atom. The van der Waals surface area contributed by atoms with Crippen LogP contribution in [0.1, 0.15) is 6.92 Å². The van der Waals surface area contributed by atoms with Gasteiger partial charge in [-0.1, -0.05) is 48.5 Å². The number of rotatable bonds is 4. The number of nitrogens with zero attached hydrogens (tertiary/aromatic N) is 4. The SMILES string of the molecule is CCSc1nnc(-c2cnn(-c3ccccc3)c2Cl)o1. The van der Waals surface area contributed by atoms with Crippen molar-refractivity contribution in [3.63, 3.8) is 0 Å². The van der Waals surface area contributed by atoms with Crippen LogP contribution in [-0.4, -0.2) is 25.7 Å². The molecular weight excluding hydrogens is 296 g/mol. The summed E-state index contributed by atoms with van der Waals surface area (Å²) >= 11 is 7.83. The van der Waals surface area contributed by atoms with Crippen LogP contribution >= 0.6 is 23.4 Å². The topological polar surface area (TPSA) is 56.7 Å². The molecule has 0 unspecified atom stereocenters. The minimum absolute atomic E-state index is 0.383. The summed E-state index contributed by atoms with van der Waals surface area (Å²) in [6, 6.07) is 9.64. The molecule has 20 heavy (non-hydrogen) atoms. The van der Waals surface area contributed by atoms with Crippen molar-refractivity contribution in [2.24, 2.45) is 0 Å². The van der Waals surface area contributed by atoms with Gasteiger partial charge in [0.1, 0.15) is 5.15 Å². The van der Waals surface area contributed by atoms with Crippen LogP contribution in [-0.2, 0) is 0 Å². The molecule has 3 rings (SSSR count). The molecule has 0 atom stereocenters. The van der Waals surface area contributed by atoms with Crippen LogP contribution in [0, 0.1) is 0 Å². The molecule has 0 aliphatic carbocycles. The van der Waals surface area contributed by atoms with E-state index >= 15 is 0 Å². The monoisotopic (exact) mass is 306 g/mol. The van der Waals surface area contributed by atoms with Crippen molar-refractivity contribution in [2.75, 3.05) is 5.75 Å². The first-order chi connectivity index (χ1) is 9.79. The van der Waals surface area contributed by atoms with Crippen molar-refractivity contribution in [1.82, 2.24) is 20.0 Å². The Labute approximate surface area is 125 Å². The lowest BCUT2D eigenvalue weighted by molar-refractivity contribution is 0.466. The largest absolute Gasteiger partial charge is 0.411 e. The summed E-state index contributed by atoms with van der Waals surface area (Å²) in [6.07, 6.45) is 1.63. The third-order valence-electron chi connectivity index (χ3n) is 2.62. The predicted octanol–water partition coefficient (Wildman–Crippen LogP) is 3.69. The second-order valence-electron chi connectivity index (χ2n) is 3.90. The minimum atomic E-state index is 0.383. The maximum Gasteiger partial charge on any atom is 0.276 e. The third-order valence-corrected chi connectivity index (χ3v) is 3.68. The highest BCUT2D eigenvalue weighted by Gasteiger charge is 2.17. The Bertz CT molecular complexity index is 710. The molecule has 5 nitrogen and oxygen atoms in total. The van der Waals surface area contributed by atoms with Gasteiger partial charge in [0, 0.05) is 0 Å². The summed E-state index contributed by atoms with van der Waals surface area (Å²) in [5, 5.41) is 13.2. The molecule has 2 aromatic heterocycles. The number of benzene rings is 1. The normalized spacial score (nSPS) is 10.9. The lowest BCUT2D eigenvalue weighted by Crippen LogP contribution is -1.95. The van der Waals surface area contributed by atoms with Gasteiger partial charge in [0.05, 0.1) is 17.4 Å². The number of halogens is 1. The zero-order valence-electron chi connectivity index (χ0n) is 10.7.